The minimum atomic E-state index is 0.00666. The highest BCUT2D eigenvalue weighted by Gasteiger charge is 2.30. The van der Waals surface area contributed by atoms with Crippen LogP contribution in [-0.4, -0.2) is 7.28 Å². The molecule has 0 aromatic heterocycles. The average Bonchev–Trinajstić information content (AvgIpc) is 2.96. The van der Waals surface area contributed by atoms with Crippen molar-refractivity contribution in [1.29, 1.82) is 0 Å². The Morgan fingerprint density at radius 2 is 1.59 bits per heavy atom. The number of anilines is 2. The molecule has 0 heterocycles. The van der Waals surface area contributed by atoms with E-state index in [4.69, 9.17) is 0 Å². The van der Waals surface area contributed by atoms with Crippen LogP contribution < -0.4 is 16.2 Å². The standard InChI is InChI=1S/C39H44BN/c1-7-16-32-35(39(5,6)34-21-13-11-17-28(34)3)22-15-23-36(32)40-38-29(4)25-27(2)26-33(38)31-20-12-14-24-37(31)41-30-18-9-8-10-19-30/h8-12,14-15,17-20,22-26,40-41H,7,13,16,21H2,1-6H3. The molecule has 5 rings (SSSR count). The van der Waals surface area contributed by atoms with Crippen molar-refractivity contribution in [1.82, 2.24) is 0 Å². The van der Waals surface area contributed by atoms with E-state index in [0.717, 1.165) is 44.3 Å². The van der Waals surface area contributed by atoms with Crippen LogP contribution in [0.3, 0.4) is 0 Å². The summed E-state index contributed by atoms with van der Waals surface area (Å²) in [4.78, 5) is 0. The number of benzene rings is 4. The molecule has 1 nitrogen and oxygen atoms in total. The fourth-order valence-electron chi connectivity index (χ4n) is 6.85. The molecule has 1 aliphatic carbocycles. The van der Waals surface area contributed by atoms with Crippen molar-refractivity contribution in [3.63, 3.8) is 0 Å². The predicted octanol–water partition coefficient (Wildman–Crippen LogP) is 9.00. The molecule has 0 bridgehead atoms. The van der Waals surface area contributed by atoms with Gasteiger partial charge in [0.05, 0.1) is 0 Å². The third-order valence-electron chi connectivity index (χ3n) is 8.86. The van der Waals surface area contributed by atoms with Crippen LogP contribution in [0.2, 0.25) is 0 Å². The molecule has 0 amide bonds. The zero-order chi connectivity index (χ0) is 29.0. The van der Waals surface area contributed by atoms with E-state index in [1.165, 1.54) is 49.9 Å². The second kappa shape index (κ2) is 12.4. The summed E-state index contributed by atoms with van der Waals surface area (Å²) in [6.07, 6.45) is 9.18. The van der Waals surface area contributed by atoms with E-state index >= 15 is 0 Å². The summed E-state index contributed by atoms with van der Waals surface area (Å²) >= 11 is 0. The van der Waals surface area contributed by atoms with Crippen molar-refractivity contribution in [2.75, 3.05) is 5.32 Å². The lowest BCUT2D eigenvalue weighted by molar-refractivity contribution is 0.577. The van der Waals surface area contributed by atoms with Gasteiger partial charge in [0, 0.05) is 22.4 Å². The van der Waals surface area contributed by atoms with E-state index in [1.54, 1.807) is 5.57 Å². The van der Waals surface area contributed by atoms with E-state index in [0.29, 0.717) is 0 Å². The number of hydrogen-bond acceptors (Lipinski definition) is 1. The Kier molecular flexibility index (Phi) is 8.69. The van der Waals surface area contributed by atoms with Crippen LogP contribution >= 0.6 is 0 Å². The molecule has 4 aromatic carbocycles. The summed E-state index contributed by atoms with van der Waals surface area (Å²) < 4.78 is 0. The second-order valence-corrected chi connectivity index (χ2v) is 12.2. The Morgan fingerprint density at radius 3 is 2.34 bits per heavy atom. The van der Waals surface area contributed by atoms with Gasteiger partial charge in [0.25, 0.3) is 0 Å². The van der Waals surface area contributed by atoms with Crippen molar-refractivity contribution >= 4 is 29.6 Å². The maximum atomic E-state index is 3.69. The van der Waals surface area contributed by atoms with Gasteiger partial charge in [-0.2, -0.15) is 0 Å². The smallest absolute Gasteiger partial charge is 0.193 e. The van der Waals surface area contributed by atoms with Gasteiger partial charge in [0.2, 0.25) is 0 Å². The molecular weight excluding hydrogens is 493 g/mol. The summed E-state index contributed by atoms with van der Waals surface area (Å²) in [6.45, 7) is 14.0. The zero-order valence-corrected chi connectivity index (χ0v) is 25.8. The van der Waals surface area contributed by atoms with Crippen LogP contribution in [0.25, 0.3) is 11.1 Å². The van der Waals surface area contributed by atoms with Gasteiger partial charge < -0.3 is 5.32 Å². The summed E-state index contributed by atoms with van der Waals surface area (Å²) in [5, 5.41) is 3.69. The molecule has 0 aliphatic heterocycles. The molecule has 0 unspecified atom stereocenters. The molecular formula is C39H44BN. The Balaban J connectivity index is 1.62. The highest BCUT2D eigenvalue weighted by Crippen LogP contribution is 2.40. The van der Waals surface area contributed by atoms with Crippen LogP contribution in [0.4, 0.5) is 11.4 Å². The molecule has 0 atom stereocenters. The lowest BCUT2D eigenvalue weighted by Gasteiger charge is -2.34. The van der Waals surface area contributed by atoms with Crippen molar-refractivity contribution in [2.24, 2.45) is 0 Å². The normalized spacial score (nSPS) is 13.4. The summed E-state index contributed by atoms with van der Waals surface area (Å²) in [6, 6.07) is 31.0. The number of rotatable bonds is 9. The Labute approximate surface area is 248 Å². The Morgan fingerprint density at radius 1 is 0.829 bits per heavy atom. The molecule has 0 saturated heterocycles. The zero-order valence-electron chi connectivity index (χ0n) is 25.8. The van der Waals surface area contributed by atoms with Gasteiger partial charge in [-0.15, -0.1) is 0 Å². The van der Waals surface area contributed by atoms with Gasteiger partial charge in [-0.3, -0.25) is 0 Å². The van der Waals surface area contributed by atoms with E-state index in [1.807, 2.05) is 0 Å². The molecule has 41 heavy (non-hydrogen) atoms. The predicted molar refractivity (Wildman–Crippen MR) is 182 cm³/mol. The highest BCUT2D eigenvalue weighted by molar-refractivity contribution is 6.69. The molecule has 0 spiro atoms. The summed E-state index contributed by atoms with van der Waals surface area (Å²) in [5.41, 5.74) is 16.4. The van der Waals surface area contributed by atoms with Gasteiger partial charge in [-0.1, -0.05) is 139 Å². The topological polar surface area (TPSA) is 12.0 Å². The first-order valence-electron chi connectivity index (χ1n) is 15.3. The second-order valence-electron chi connectivity index (χ2n) is 12.2. The molecule has 1 aliphatic rings. The lowest BCUT2D eigenvalue weighted by Crippen LogP contribution is -2.36. The third kappa shape index (κ3) is 6.13. The number of para-hydroxylation sites is 2. The minimum Gasteiger partial charge on any atom is -0.355 e. The van der Waals surface area contributed by atoms with Gasteiger partial charge >= 0.3 is 0 Å². The van der Waals surface area contributed by atoms with Crippen LogP contribution in [0.1, 0.15) is 69.2 Å². The van der Waals surface area contributed by atoms with E-state index < -0.39 is 0 Å². The van der Waals surface area contributed by atoms with Gasteiger partial charge in [0.15, 0.2) is 7.28 Å². The third-order valence-corrected chi connectivity index (χ3v) is 8.86. The first kappa shape index (κ1) is 28.7. The quantitative estimate of drug-likeness (QED) is 0.210. The van der Waals surface area contributed by atoms with E-state index in [-0.39, 0.29) is 5.41 Å². The van der Waals surface area contributed by atoms with E-state index in [2.05, 4.69) is 144 Å². The molecule has 2 heteroatoms. The molecule has 0 fully saturated rings. The summed E-state index contributed by atoms with van der Waals surface area (Å²) in [5.74, 6) is 0. The molecule has 1 N–H and O–H groups in total. The van der Waals surface area contributed by atoms with Gasteiger partial charge in [0.1, 0.15) is 0 Å². The fraction of sp³-hybridized carbons (Fsp3) is 0.282. The average molecular weight is 538 g/mol. The molecule has 4 aromatic rings. The molecule has 208 valence electrons. The van der Waals surface area contributed by atoms with Gasteiger partial charge in [-0.25, -0.2) is 0 Å². The molecule has 0 radical (unpaired) electrons. The van der Waals surface area contributed by atoms with Gasteiger partial charge in [-0.05, 0) is 74.9 Å². The number of hydrogen-bond donors (Lipinski definition) is 1. The van der Waals surface area contributed by atoms with Crippen molar-refractivity contribution in [3.8, 4) is 11.1 Å². The highest BCUT2D eigenvalue weighted by atomic mass is 14.9. The monoisotopic (exact) mass is 537 g/mol. The Bertz CT molecular complexity index is 1590. The van der Waals surface area contributed by atoms with Crippen LogP contribution in [0.5, 0.6) is 0 Å². The van der Waals surface area contributed by atoms with E-state index in [9.17, 15) is 0 Å². The number of nitrogens with one attached hydrogen (secondary N) is 1. The maximum absolute atomic E-state index is 3.69. The largest absolute Gasteiger partial charge is 0.355 e. The van der Waals surface area contributed by atoms with Crippen LogP contribution in [0.15, 0.2) is 108 Å². The maximum Gasteiger partial charge on any atom is 0.193 e. The number of aryl methyl sites for hydroxylation is 2. The van der Waals surface area contributed by atoms with Crippen molar-refractivity contribution in [3.05, 3.63) is 130 Å². The SMILES string of the molecule is CCCc1c(Bc2c(C)cc(C)cc2-c2ccccc2Nc2ccccc2)cccc1C(C)(C)C1=C(C)C=CCC1. The van der Waals surface area contributed by atoms with Crippen molar-refractivity contribution < 1.29 is 0 Å². The fourth-order valence-corrected chi connectivity index (χ4v) is 6.85. The van der Waals surface area contributed by atoms with Crippen LogP contribution in [0, 0.1) is 13.8 Å². The molecule has 0 saturated carbocycles. The first-order valence-corrected chi connectivity index (χ1v) is 15.3. The number of allylic oxidation sites excluding steroid dienone is 4. The minimum absolute atomic E-state index is 0.00666. The van der Waals surface area contributed by atoms with Crippen LogP contribution in [-0.2, 0) is 11.8 Å². The lowest BCUT2D eigenvalue weighted by atomic mass is 9.57. The first-order chi connectivity index (χ1) is 19.8. The Hall–Kier alpha value is -3.78. The summed E-state index contributed by atoms with van der Waals surface area (Å²) in [7, 11) is 0.929. The van der Waals surface area contributed by atoms with Crippen molar-refractivity contribution in [2.45, 2.75) is 72.6 Å².